The summed E-state index contributed by atoms with van der Waals surface area (Å²) in [6, 6.07) is 0. The van der Waals surface area contributed by atoms with Gasteiger partial charge in [0.15, 0.2) is 0 Å². The van der Waals surface area contributed by atoms with E-state index in [1.807, 2.05) is 20.8 Å². The molecule has 0 aromatic heterocycles. The van der Waals surface area contributed by atoms with E-state index in [0.29, 0.717) is 5.92 Å². The van der Waals surface area contributed by atoms with E-state index in [0.717, 1.165) is 12.8 Å². The quantitative estimate of drug-likeness (QED) is 0.670. The third kappa shape index (κ3) is 2.25. The standard InChI is InChI=1S/C14H28BNO3/c1-8(2)12(16)15(18)19-14(5)10-6-9(7-11(14)17)13(10,3)4/h8-12,17-18H,6-7,16H2,1-5H3/t9-,10-,11+,12-,14-/m0/s1. The highest BCUT2D eigenvalue weighted by Crippen LogP contribution is 2.63. The van der Waals surface area contributed by atoms with Crippen LogP contribution in [0.1, 0.15) is 47.5 Å². The van der Waals surface area contributed by atoms with E-state index in [1.165, 1.54) is 0 Å². The van der Waals surface area contributed by atoms with E-state index in [-0.39, 0.29) is 17.3 Å². The Morgan fingerprint density at radius 2 is 1.84 bits per heavy atom. The lowest BCUT2D eigenvalue weighted by molar-refractivity contribution is -0.239. The van der Waals surface area contributed by atoms with Crippen LogP contribution < -0.4 is 5.73 Å². The normalized spacial score (nSPS) is 41.8. The third-order valence-electron chi connectivity index (χ3n) is 5.81. The average Bonchev–Trinajstić information content (AvgIpc) is 2.30. The molecule has 0 saturated heterocycles. The van der Waals surface area contributed by atoms with Crippen LogP contribution in [-0.2, 0) is 4.65 Å². The van der Waals surface area contributed by atoms with Crippen molar-refractivity contribution in [1.29, 1.82) is 0 Å². The maximum Gasteiger partial charge on any atom is 0.472 e. The molecule has 110 valence electrons. The summed E-state index contributed by atoms with van der Waals surface area (Å²) in [5.41, 5.74) is 5.44. The van der Waals surface area contributed by atoms with Crippen LogP contribution in [0.25, 0.3) is 0 Å². The van der Waals surface area contributed by atoms with Crippen molar-refractivity contribution in [2.75, 3.05) is 0 Å². The van der Waals surface area contributed by atoms with Crippen LogP contribution in [0.15, 0.2) is 0 Å². The maximum absolute atomic E-state index is 10.4. The van der Waals surface area contributed by atoms with E-state index >= 15 is 0 Å². The number of aliphatic hydroxyl groups is 1. The minimum absolute atomic E-state index is 0.140. The monoisotopic (exact) mass is 269 g/mol. The second-order valence-electron chi connectivity index (χ2n) is 7.57. The topological polar surface area (TPSA) is 75.7 Å². The first-order chi connectivity index (χ1) is 8.60. The molecule has 0 heterocycles. The number of nitrogens with two attached hydrogens (primary N) is 1. The van der Waals surface area contributed by atoms with Crippen molar-refractivity contribution in [3.8, 4) is 0 Å². The van der Waals surface area contributed by atoms with Gasteiger partial charge in [-0.25, -0.2) is 0 Å². The van der Waals surface area contributed by atoms with Gasteiger partial charge in [0.25, 0.3) is 0 Å². The fraction of sp³-hybridized carbons (Fsp3) is 1.00. The van der Waals surface area contributed by atoms with Crippen molar-refractivity contribution in [2.45, 2.75) is 65.1 Å². The highest BCUT2D eigenvalue weighted by atomic mass is 16.5. The summed E-state index contributed by atoms with van der Waals surface area (Å²) in [6.45, 7) is 10.3. The van der Waals surface area contributed by atoms with Crippen molar-refractivity contribution >= 4 is 7.12 Å². The maximum atomic E-state index is 10.4. The number of hydrogen-bond donors (Lipinski definition) is 3. The Hall–Kier alpha value is -0.0951. The van der Waals surface area contributed by atoms with E-state index in [2.05, 4.69) is 13.8 Å². The largest absolute Gasteiger partial charge is 0.472 e. The first kappa shape index (κ1) is 15.3. The predicted octanol–water partition coefficient (Wildman–Crippen LogP) is 1.19. The summed E-state index contributed by atoms with van der Waals surface area (Å²) in [5, 5.41) is 20.5. The molecule has 0 aromatic rings. The predicted molar refractivity (Wildman–Crippen MR) is 76.3 cm³/mol. The number of rotatable bonds is 4. The second kappa shape index (κ2) is 4.73. The van der Waals surface area contributed by atoms with E-state index < -0.39 is 24.8 Å². The van der Waals surface area contributed by atoms with E-state index in [1.54, 1.807) is 0 Å². The molecule has 4 nitrogen and oxygen atoms in total. The Morgan fingerprint density at radius 3 is 2.32 bits per heavy atom. The average molecular weight is 269 g/mol. The minimum atomic E-state index is -1.02. The zero-order valence-corrected chi connectivity index (χ0v) is 12.8. The van der Waals surface area contributed by atoms with Crippen LogP contribution in [0.3, 0.4) is 0 Å². The first-order valence-corrected chi connectivity index (χ1v) is 7.40. The van der Waals surface area contributed by atoms with Crippen LogP contribution in [0, 0.1) is 23.2 Å². The summed E-state index contributed by atoms with van der Waals surface area (Å²) < 4.78 is 5.88. The van der Waals surface area contributed by atoms with Gasteiger partial charge in [0, 0.05) is 5.94 Å². The SMILES string of the molecule is CC(C)[C@H](N)B(O)O[C@]1(C)[C@H](O)C[C@@H]2C[C@H]1C2(C)C. The third-order valence-corrected chi connectivity index (χ3v) is 5.81. The lowest BCUT2D eigenvalue weighted by Crippen LogP contribution is -2.69. The minimum Gasteiger partial charge on any atom is -0.426 e. The molecular formula is C14H28BNO3. The smallest absolute Gasteiger partial charge is 0.426 e. The van der Waals surface area contributed by atoms with Crippen LogP contribution >= 0.6 is 0 Å². The van der Waals surface area contributed by atoms with Crippen molar-refractivity contribution in [3.05, 3.63) is 0 Å². The Kier molecular flexibility index (Phi) is 3.80. The Labute approximate surface area is 116 Å². The molecule has 0 unspecified atom stereocenters. The van der Waals surface area contributed by atoms with Gasteiger partial charge in [-0.15, -0.1) is 0 Å². The van der Waals surface area contributed by atoms with Gasteiger partial charge < -0.3 is 20.5 Å². The molecule has 19 heavy (non-hydrogen) atoms. The summed E-state index contributed by atoms with van der Waals surface area (Å²) in [6.07, 6.45) is 1.31. The van der Waals surface area contributed by atoms with Crippen LogP contribution in [0.2, 0.25) is 0 Å². The molecule has 3 aliphatic carbocycles. The summed E-state index contributed by atoms with van der Waals surface area (Å²) in [5.74, 6) is 0.564. The van der Waals surface area contributed by atoms with Gasteiger partial charge >= 0.3 is 7.12 Å². The van der Waals surface area contributed by atoms with E-state index in [9.17, 15) is 10.1 Å². The molecule has 3 aliphatic rings. The van der Waals surface area contributed by atoms with Gasteiger partial charge in [0.05, 0.1) is 11.7 Å². The van der Waals surface area contributed by atoms with Crippen LogP contribution in [0.5, 0.6) is 0 Å². The lowest BCUT2D eigenvalue weighted by atomic mass is 9.43. The molecule has 3 fully saturated rings. The van der Waals surface area contributed by atoms with Gasteiger partial charge in [0.2, 0.25) is 0 Å². The van der Waals surface area contributed by atoms with Gasteiger partial charge in [-0.05, 0) is 42.9 Å². The fourth-order valence-corrected chi connectivity index (χ4v) is 3.95. The highest BCUT2D eigenvalue weighted by Gasteiger charge is 2.64. The van der Waals surface area contributed by atoms with Gasteiger partial charge in [-0.3, -0.25) is 0 Å². The number of hydrogen-bond acceptors (Lipinski definition) is 4. The zero-order chi connectivity index (χ0) is 14.6. The van der Waals surface area contributed by atoms with Crippen molar-refractivity contribution in [2.24, 2.45) is 28.9 Å². The number of fused-ring (bicyclic) bond motifs is 2. The van der Waals surface area contributed by atoms with Crippen molar-refractivity contribution in [1.82, 2.24) is 0 Å². The molecular weight excluding hydrogens is 241 g/mol. The number of aliphatic hydroxyl groups excluding tert-OH is 1. The van der Waals surface area contributed by atoms with Gasteiger partial charge in [0.1, 0.15) is 0 Å². The van der Waals surface area contributed by atoms with Gasteiger partial charge in [-0.2, -0.15) is 0 Å². The van der Waals surface area contributed by atoms with Crippen LogP contribution in [-0.4, -0.2) is 34.9 Å². The summed E-state index contributed by atoms with van der Waals surface area (Å²) in [4.78, 5) is 0. The first-order valence-electron chi connectivity index (χ1n) is 7.40. The molecule has 3 rings (SSSR count). The molecule has 4 N–H and O–H groups in total. The molecule has 0 radical (unpaired) electrons. The molecule has 0 aromatic carbocycles. The highest BCUT2D eigenvalue weighted by molar-refractivity contribution is 6.45. The molecule has 5 atom stereocenters. The fourth-order valence-electron chi connectivity index (χ4n) is 3.95. The van der Waals surface area contributed by atoms with Crippen LogP contribution in [0.4, 0.5) is 0 Å². The Balaban J connectivity index is 2.12. The molecule has 3 saturated carbocycles. The summed E-state index contributed by atoms with van der Waals surface area (Å²) >= 11 is 0. The van der Waals surface area contributed by atoms with Crippen molar-refractivity contribution in [3.63, 3.8) is 0 Å². The van der Waals surface area contributed by atoms with Gasteiger partial charge in [-0.1, -0.05) is 27.7 Å². The lowest BCUT2D eigenvalue weighted by Gasteiger charge is -2.66. The summed E-state index contributed by atoms with van der Waals surface area (Å²) in [7, 11) is -1.02. The second-order valence-corrected chi connectivity index (χ2v) is 7.57. The van der Waals surface area contributed by atoms with E-state index in [4.69, 9.17) is 10.4 Å². The molecule has 0 spiro atoms. The van der Waals surface area contributed by atoms with Crippen molar-refractivity contribution < 1.29 is 14.8 Å². The Morgan fingerprint density at radius 1 is 1.26 bits per heavy atom. The molecule has 5 heteroatoms. The molecule has 0 aliphatic heterocycles. The molecule has 2 bridgehead atoms. The Bertz CT molecular complexity index is 350. The molecule has 0 amide bonds. The zero-order valence-electron chi connectivity index (χ0n) is 12.8.